The third kappa shape index (κ3) is 5.70. The summed E-state index contributed by atoms with van der Waals surface area (Å²) in [6.45, 7) is 3.25. The number of hydrogen-bond donors (Lipinski definition) is 4. The van der Waals surface area contributed by atoms with Crippen molar-refractivity contribution in [2.24, 2.45) is 0 Å². The molecule has 2 aliphatic heterocycles. The molecule has 0 saturated carbocycles. The van der Waals surface area contributed by atoms with E-state index in [1.807, 2.05) is 0 Å². The highest BCUT2D eigenvalue weighted by Crippen LogP contribution is 2.30. The van der Waals surface area contributed by atoms with E-state index in [-0.39, 0.29) is 11.0 Å². The van der Waals surface area contributed by atoms with Gasteiger partial charge >= 0.3 is 0 Å². The topological polar surface area (TPSA) is 167 Å². The van der Waals surface area contributed by atoms with E-state index in [0.717, 1.165) is 0 Å². The van der Waals surface area contributed by atoms with Crippen LogP contribution in [0.2, 0.25) is 0 Å². The van der Waals surface area contributed by atoms with E-state index in [2.05, 4.69) is 0 Å². The number of benzene rings is 2. The minimum atomic E-state index is -1.20. The largest absolute Gasteiger partial charge is 0.463 e. The molecule has 0 amide bonds. The van der Waals surface area contributed by atoms with Crippen LogP contribution in [0.25, 0.3) is 22.1 Å². The summed E-state index contributed by atoms with van der Waals surface area (Å²) in [6.07, 6.45) is -8.36. The predicted molar refractivity (Wildman–Crippen MR) is 143 cm³/mol. The Morgan fingerprint density at radius 3 is 1.76 bits per heavy atom. The SMILES string of the molecule is CO[C@H]1[C@H](Oc2ccc3c(=O)c(-c4ccc(O[C@H]5O[C@@H](C)[C@H](O)[C@@H](O)[C@H]5OC)cc4)coc3c2)O[C@@H](C)[C@H](O)[C@H]1O. The molecule has 4 N–H and O–H groups in total. The normalized spacial score (nSPS) is 34.0. The molecule has 3 aromatic rings. The van der Waals surface area contributed by atoms with Crippen LogP contribution in [-0.4, -0.2) is 96.1 Å². The molecule has 0 spiro atoms. The van der Waals surface area contributed by atoms with Gasteiger partial charge in [0.05, 0.1) is 23.2 Å². The average Bonchev–Trinajstić information content (AvgIpc) is 2.96. The zero-order valence-corrected chi connectivity index (χ0v) is 22.9. The molecule has 2 saturated heterocycles. The van der Waals surface area contributed by atoms with Gasteiger partial charge in [0.2, 0.25) is 12.6 Å². The molecule has 0 unspecified atom stereocenters. The maximum atomic E-state index is 13.3. The molecule has 222 valence electrons. The van der Waals surface area contributed by atoms with E-state index in [1.54, 1.807) is 56.3 Å². The zero-order valence-electron chi connectivity index (χ0n) is 22.9. The van der Waals surface area contributed by atoms with E-state index in [9.17, 15) is 25.2 Å². The molecule has 12 heteroatoms. The van der Waals surface area contributed by atoms with Crippen LogP contribution in [0.1, 0.15) is 13.8 Å². The van der Waals surface area contributed by atoms with Gasteiger partial charge in [-0.15, -0.1) is 0 Å². The first-order valence-corrected chi connectivity index (χ1v) is 13.2. The van der Waals surface area contributed by atoms with Crippen molar-refractivity contribution in [1.29, 1.82) is 0 Å². The molecule has 5 rings (SSSR count). The van der Waals surface area contributed by atoms with Gasteiger partial charge < -0.3 is 53.3 Å². The molecular formula is C29H34O12. The molecule has 3 heterocycles. The summed E-state index contributed by atoms with van der Waals surface area (Å²) in [4.78, 5) is 13.3. The lowest BCUT2D eigenvalue weighted by molar-refractivity contribution is -0.274. The quantitative estimate of drug-likeness (QED) is 0.319. The second-order valence-electron chi connectivity index (χ2n) is 10.2. The third-order valence-corrected chi connectivity index (χ3v) is 7.53. The van der Waals surface area contributed by atoms with Crippen molar-refractivity contribution in [1.82, 2.24) is 0 Å². The van der Waals surface area contributed by atoms with Crippen LogP contribution in [0, 0.1) is 0 Å². The smallest absolute Gasteiger partial charge is 0.229 e. The van der Waals surface area contributed by atoms with Crippen molar-refractivity contribution < 1.29 is 53.3 Å². The van der Waals surface area contributed by atoms with E-state index in [4.69, 9.17) is 32.8 Å². The number of aliphatic hydroxyl groups is 4. The Kier molecular flexibility index (Phi) is 8.64. The summed E-state index contributed by atoms with van der Waals surface area (Å²) in [5.74, 6) is 0.735. The van der Waals surface area contributed by atoms with Gasteiger partial charge in [-0.3, -0.25) is 4.79 Å². The van der Waals surface area contributed by atoms with Crippen LogP contribution >= 0.6 is 0 Å². The number of hydrogen-bond acceptors (Lipinski definition) is 12. The van der Waals surface area contributed by atoms with Gasteiger partial charge in [0, 0.05) is 20.3 Å². The highest BCUT2D eigenvalue weighted by molar-refractivity contribution is 5.82. The fourth-order valence-corrected chi connectivity index (χ4v) is 5.06. The van der Waals surface area contributed by atoms with Gasteiger partial charge in [0.1, 0.15) is 60.0 Å². The van der Waals surface area contributed by atoms with Crippen LogP contribution in [-0.2, 0) is 18.9 Å². The first-order valence-electron chi connectivity index (χ1n) is 13.2. The number of fused-ring (bicyclic) bond motifs is 1. The highest BCUT2D eigenvalue weighted by Gasteiger charge is 2.45. The molecular weight excluding hydrogens is 540 g/mol. The zero-order chi connectivity index (χ0) is 29.4. The monoisotopic (exact) mass is 574 g/mol. The van der Waals surface area contributed by atoms with Crippen LogP contribution < -0.4 is 14.9 Å². The second-order valence-corrected chi connectivity index (χ2v) is 10.2. The Hall–Kier alpha value is -3.07. The van der Waals surface area contributed by atoms with Crippen LogP contribution in [0.4, 0.5) is 0 Å². The first-order chi connectivity index (χ1) is 19.6. The Morgan fingerprint density at radius 2 is 1.22 bits per heavy atom. The Labute approximate surface area is 235 Å². The lowest BCUT2D eigenvalue weighted by Crippen LogP contribution is -2.59. The standard InChI is InChI=1S/C29H34O12/c1-13-21(30)24(33)26(35-3)28(38-13)40-16-7-5-15(6-8-16)19-12-37-20-11-17(9-10-18(20)23(19)32)41-29-27(36-4)25(34)22(31)14(2)39-29/h5-14,21-22,24-31,33-34H,1-4H3/t13-,14-,21-,22-,24+,25+,26+,27+,28+,29-/m0/s1. The fourth-order valence-electron chi connectivity index (χ4n) is 5.06. The van der Waals surface area contributed by atoms with E-state index >= 15 is 0 Å². The van der Waals surface area contributed by atoms with Gasteiger partial charge in [-0.05, 0) is 43.7 Å². The maximum Gasteiger partial charge on any atom is 0.229 e. The van der Waals surface area contributed by atoms with Gasteiger partial charge in [0.15, 0.2) is 5.43 Å². The molecule has 0 aliphatic carbocycles. The Balaban J connectivity index is 1.32. The summed E-state index contributed by atoms with van der Waals surface area (Å²) >= 11 is 0. The van der Waals surface area contributed by atoms with Crippen LogP contribution in [0.15, 0.2) is 57.9 Å². The van der Waals surface area contributed by atoms with E-state index in [0.29, 0.717) is 28.0 Å². The van der Waals surface area contributed by atoms with Gasteiger partial charge in [-0.1, -0.05) is 12.1 Å². The van der Waals surface area contributed by atoms with Crippen molar-refractivity contribution in [2.45, 2.75) is 75.3 Å². The molecule has 2 fully saturated rings. The van der Waals surface area contributed by atoms with Crippen molar-refractivity contribution in [3.63, 3.8) is 0 Å². The van der Waals surface area contributed by atoms with Crippen molar-refractivity contribution in [3.8, 4) is 22.6 Å². The molecule has 41 heavy (non-hydrogen) atoms. The molecule has 10 atom stereocenters. The minimum absolute atomic E-state index is 0.261. The van der Waals surface area contributed by atoms with Crippen molar-refractivity contribution in [3.05, 3.63) is 59.0 Å². The number of ether oxygens (including phenoxy) is 6. The molecule has 1 aromatic heterocycles. The summed E-state index contributed by atoms with van der Waals surface area (Å²) in [5.41, 5.74) is 0.937. The molecule has 2 aliphatic rings. The van der Waals surface area contributed by atoms with Crippen molar-refractivity contribution >= 4 is 11.0 Å². The minimum Gasteiger partial charge on any atom is -0.463 e. The van der Waals surface area contributed by atoms with Gasteiger partial charge in [-0.2, -0.15) is 0 Å². The average molecular weight is 575 g/mol. The molecule has 12 nitrogen and oxygen atoms in total. The van der Waals surface area contributed by atoms with Crippen molar-refractivity contribution in [2.75, 3.05) is 14.2 Å². The Bertz CT molecular complexity index is 1390. The summed E-state index contributed by atoms with van der Waals surface area (Å²) < 4.78 is 39.4. The van der Waals surface area contributed by atoms with E-state index < -0.39 is 61.4 Å². The fraction of sp³-hybridized carbons (Fsp3) is 0.483. The summed E-state index contributed by atoms with van der Waals surface area (Å²) in [6, 6.07) is 11.4. The predicted octanol–water partition coefficient (Wildman–Crippen LogP) is 1.18. The second kappa shape index (κ2) is 12.0. The summed E-state index contributed by atoms with van der Waals surface area (Å²) in [7, 11) is 2.77. The summed E-state index contributed by atoms with van der Waals surface area (Å²) in [5, 5.41) is 41.1. The van der Waals surface area contributed by atoms with Gasteiger partial charge in [0.25, 0.3) is 0 Å². The Morgan fingerprint density at radius 1 is 0.707 bits per heavy atom. The van der Waals surface area contributed by atoms with Gasteiger partial charge in [-0.25, -0.2) is 0 Å². The lowest BCUT2D eigenvalue weighted by Gasteiger charge is -2.40. The molecule has 0 radical (unpaired) electrons. The molecule has 2 aromatic carbocycles. The van der Waals surface area contributed by atoms with E-state index in [1.165, 1.54) is 20.5 Å². The molecule has 0 bridgehead atoms. The lowest BCUT2D eigenvalue weighted by atomic mass is 10.00. The number of methoxy groups -OCH3 is 2. The van der Waals surface area contributed by atoms with Crippen LogP contribution in [0.5, 0.6) is 11.5 Å². The maximum absolute atomic E-state index is 13.3. The van der Waals surface area contributed by atoms with Crippen LogP contribution in [0.3, 0.4) is 0 Å². The number of aliphatic hydroxyl groups excluding tert-OH is 4. The number of rotatable bonds is 7. The first kappa shape index (κ1) is 29.4. The third-order valence-electron chi connectivity index (χ3n) is 7.53. The highest BCUT2D eigenvalue weighted by atomic mass is 16.7.